The molecule has 0 aliphatic carbocycles. The Labute approximate surface area is 127 Å². The van der Waals surface area contributed by atoms with Gasteiger partial charge in [-0.05, 0) is 46.2 Å². The minimum Gasteiger partial charge on any atom is -0.494 e. The van der Waals surface area contributed by atoms with Gasteiger partial charge in [-0.15, -0.1) is 0 Å². The Morgan fingerprint density at radius 3 is 2.81 bits per heavy atom. The van der Waals surface area contributed by atoms with E-state index in [0.29, 0.717) is 18.3 Å². The predicted octanol–water partition coefficient (Wildman–Crippen LogP) is 3.19. The van der Waals surface area contributed by atoms with Crippen molar-refractivity contribution in [2.45, 2.75) is 51.7 Å². The molecule has 1 aromatic rings. The summed E-state index contributed by atoms with van der Waals surface area (Å²) < 4.78 is 19.3. The summed E-state index contributed by atoms with van der Waals surface area (Å²) in [4.78, 5) is 2.37. The van der Waals surface area contributed by atoms with Gasteiger partial charge in [0.25, 0.3) is 0 Å². The average Bonchev–Trinajstić information content (AvgIpc) is 2.85. The van der Waals surface area contributed by atoms with Crippen LogP contribution in [0.15, 0.2) is 18.2 Å². The summed E-state index contributed by atoms with van der Waals surface area (Å²) in [5.74, 6) is 0.102. The van der Waals surface area contributed by atoms with Crippen LogP contribution in [0.25, 0.3) is 0 Å². The van der Waals surface area contributed by atoms with E-state index in [9.17, 15) is 4.39 Å². The number of benzene rings is 1. The third-order valence-electron chi connectivity index (χ3n) is 4.00. The number of methoxy groups -OCH3 is 1. The molecule has 0 spiro atoms. The maximum absolute atomic E-state index is 14.3. The quantitative estimate of drug-likeness (QED) is 0.902. The number of halogens is 1. The van der Waals surface area contributed by atoms with Gasteiger partial charge in [-0.1, -0.05) is 12.1 Å². The van der Waals surface area contributed by atoms with E-state index in [1.165, 1.54) is 20.0 Å². The van der Waals surface area contributed by atoms with Crippen molar-refractivity contribution in [1.29, 1.82) is 0 Å². The predicted molar refractivity (Wildman–Crippen MR) is 84.1 cm³/mol. The van der Waals surface area contributed by atoms with Crippen LogP contribution in [0.4, 0.5) is 4.39 Å². The zero-order chi connectivity index (χ0) is 15.5. The molecular weight excluding hydrogens is 267 g/mol. The van der Waals surface area contributed by atoms with E-state index in [1.807, 2.05) is 12.1 Å². The highest BCUT2D eigenvalue weighted by Crippen LogP contribution is 2.25. The summed E-state index contributed by atoms with van der Waals surface area (Å²) >= 11 is 0. The van der Waals surface area contributed by atoms with Gasteiger partial charge in [-0.2, -0.15) is 0 Å². The first kappa shape index (κ1) is 16.2. The zero-order valence-corrected chi connectivity index (χ0v) is 13.6. The van der Waals surface area contributed by atoms with Crippen LogP contribution in [0.3, 0.4) is 0 Å². The molecule has 0 saturated carbocycles. The maximum Gasteiger partial charge on any atom is 0.169 e. The summed E-state index contributed by atoms with van der Waals surface area (Å²) in [6, 6.07) is 5.86. The van der Waals surface area contributed by atoms with Crippen molar-refractivity contribution in [3.63, 3.8) is 0 Å². The summed E-state index contributed by atoms with van der Waals surface area (Å²) in [6.45, 7) is 9.16. The van der Waals surface area contributed by atoms with Gasteiger partial charge < -0.3 is 10.1 Å². The Bertz CT molecular complexity index is 470. The van der Waals surface area contributed by atoms with Crippen LogP contribution >= 0.6 is 0 Å². The lowest BCUT2D eigenvalue weighted by Gasteiger charge is -2.29. The largest absolute Gasteiger partial charge is 0.494 e. The van der Waals surface area contributed by atoms with Crippen molar-refractivity contribution in [3.8, 4) is 5.75 Å². The van der Waals surface area contributed by atoms with E-state index in [2.05, 4.69) is 31.0 Å². The van der Waals surface area contributed by atoms with Crippen LogP contribution in [0, 0.1) is 5.82 Å². The van der Waals surface area contributed by atoms with Crippen molar-refractivity contribution in [3.05, 3.63) is 29.6 Å². The van der Waals surface area contributed by atoms with E-state index < -0.39 is 0 Å². The van der Waals surface area contributed by atoms with Crippen LogP contribution in [-0.2, 0) is 6.54 Å². The van der Waals surface area contributed by atoms with Crippen molar-refractivity contribution < 1.29 is 9.13 Å². The van der Waals surface area contributed by atoms with E-state index in [1.54, 1.807) is 6.07 Å². The number of likely N-dealkylation sites (tertiary alicyclic amines) is 1. The van der Waals surface area contributed by atoms with Gasteiger partial charge in [0.1, 0.15) is 0 Å². The molecule has 1 aliphatic heterocycles. The highest BCUT2D eigenvalue weighted by atomic mass is 19.1. The molecule has 0 amide bonds. The summed E-state index contributed by atoms with van der Waals surface area (Å²) in [6.07, 6.45) is 2.36. The molecule has 3 nitrogen and oxygen atoms in total. The number of ether oxygens (including phenoxy) is 1. The molecule has 1 unspecified atom stereocenters. The van der Waals surface area contributed by atoms with Gasteiger partial charge in [-0.3, -0.25) is 4.90 Å². The number of nitrogens with one attached hydrogen (secondary N) is 1. The van der Waals surface area contributed by atoms with Crippen LogP contribution in [-0.4, -0.2) is 36.7 Å². The first-order valence-corrected chi connectivity index (χ1v) is 7.71. The molecule has 1 aromatic carbocycles. The number of nitrogens with zero attached hydrogens (tertiary/aromatic N) is 1. The molecule has 1 N–H and O–H groups in total. The third-order valence-corrected chi connectivity index (χ3v) is 4.00. The Kier molecular flexibility index (Phi) is 5.22. The number of rotatable bonds is 5. The minimum absolute atomic E-state index is 0.121. The van der Waals surface area contributed by atoms with E-state index in [4.69, 9.17) is 4.74 Å². The topological polar surface area (TPSA) is 24.5 Å². The lowest BCUT2D eigenvalue weighted by molar-refractivity contribution is 0.222. The molecule has 1 heterocycles. The van der Waals surface area contributed by atoms with Gasteiger partial charge in [0, 0.05) is 30.2 Å². The van der Waals surface area contributed by atoms with E-state index in [0.717, 1.165) is 18.7 Å². The summed E-state index contributed by atoms with van der Waals surface area (Å²) in [5, 5.41) is 3.56. The van der Waals surface area contributed by atoms with Crippen molar-refractivity contribution in [2.24, 2.45) is 0 Å². The molecule has 4 heteroatoms. The Balaban J connectivity index is 2.01. The van der Waals surface area contributed by atoms with Gasteiger partial charge in [0.15, 0.2) is 11.6 Å². The lowest BCUT2D eigenvalue weighted by Crippen LogP contribution is -2.45. The first-order valence-electron chi connectivity index (χ1n) is 7.71. The fourth-order valence-electron chi connectivity index (χ4n) is 2.81. The number of hydrogen-bond donors (Lipinski definition) is 1. The highest BCUT2D eigenvalue weighted by Gasteiger charge is 2.26. The molecule has 21 heavy (non-hydrogen) atoms. The van der Waals surface area contributed by atoms with Crippen LogP contribution in [0.1, 0.15) is 39.2 Å². The van der Waals surface area contributed by atoms with E-state index >= 15 is 0 Å². The van der Waals surface area contributed by atoms with Gasteiger partial charge >= 0.3 is 0 Å². The monoisotopic (exact) mass is 294 g/mol. The normalized spacial score (nSPS) is 20.0. The van der Waals surface area contributed by atoms with Crippen molar-refractivity contribution in [1.82, 2.24) is 10.2 Å². The second-order valence-electron chi connectivity index (χ2n) is 6.83. The summed E-state index contributed by atoms with van der Waals surface area (Å²) in [7, 11) is 1.51. The molecule has 1 saturated heterocycles. The fourth-order valence-corrected chi connectivity index (χ4v) is 2.81. The third kappa shape index (κ3) is 4.42. The first-order chi connectivity index (χ1) is 9.90. The second kappa shape index (κ2) is 6.75. The minimum atomic E-state index is -0.227. The van der Waals surface area contributed by atoms with Crippen molar-refractivity contribution >= 4 is 0 Å². The van der Waals surface area contributed by atoms with Crippen LogP contribution in [0.2, 0.25) is 0 Å². The van der Waals surface area contributed by atoms with E-state index in [-0.39, 0.29) is 11.4 Å². The molecular formula is C17H27FN2O. The van der Waals surface area contributed by atoms with Gasteiger partial charge in [0.05, 0.1) is 7.11 Å². The second-order valence-corrected chi connectivity index (χ2v) is 6.83. The molecule has 0 bridgehead atoms. The highest BCUT2D eigenvalue weighted by molar-refractivity contribution is 5.31. The Morgan fingerprint density at radius 2 is 2.14 bits per heavy atom. The fraction of sp³-hybridized carbons (Fsp3) is 0.647. The standard InChI is InChI=1S/C17H27FN2O/c1-17(2,3)19-11-14-8-6-10-20(14)12-13-7-5-9-15(21-4)16(13)18/h5,7,9,14,19H,6,8,10-12H2,1-4H3. The smallest absolute Gasteiger partial charge is 0.169 e. The molecule has 118 valence electrons. The van der Waals surface area contributed by atoms with Crippen molar-refractivity contribution in [2.75, 3.05) is 20.2 Å². The lowest BCUT2D eigenvalue weighted by atomic mass is 10.1. The van der Waals surface area contributed by atoms with Gasteiger partial charge in [-0.25, -0.2) is 4.39 Å². The molecule has 2 rings (SSSR count). The SMILES string of the molecule is COc1cccc(CN2CCCC2CNC(C)(C)C)c1F. The zero-order valence-electron chi connectivity index (χ0n) is 13.6. The molecule has 1 atom stereocenters. The van der Waals surface area contributed by atoms with Crippen LogP contribution in [0.5, 0.6) is 5.75 Å². The average molecular weight is 294 g/mol. The maximum atomic E-state index is 14.3. The number of hydrogen-bond acceptors (Lipinski definition) is 3. The molecule has 0 radical (unpaired) electrons. The Morgan fingerprint density at radius 1 is 1.38 bits per heavy atom. The van der Waals surface area contributed by atoms with Gasteiger partial charge in [0.2, 0.25) is 0 Å². The molecule has 1 aliphatic rings. The summed E-state index contributed by atoms with van der Waals surface area (Å²) in [5.41, 5.74) is 0.840. The molecule has 1 fully saturated rings. The molecule has 0 aromatic heterocycles. The van der Waals surface area contributed by atoms with Crippen LogP contribution < -0.4 is 10.1 Å². The Hall–Kier alpha value is -1.13.